The van der Waals surface area contributed by atoms with Crippen LogP contribution in [0.15, 0.2) is 18.2 Å². The molecule has 0 radical (unpaired) electrons. The minimum Gasteiger partial charge on any atom is -0.497 e. The lowest BCUT2D eigenvalue weighted by Gasteiger charge is -2.39. The van der Waals surface area contributed by atoms with Crippen molar-refractivity contribution < 1.29 is 28.5 Å². The normalized spacial score (nSPS) is 25.4. The van der Waals surface area contributed by atoms with Gasteiger partial charge in [0.1, 0.15) is 11.5 Å². The lowest BCUT2D eigenvalue weighted by molar-refractivity contribution is -0.188. The molecule has 0 N–H and O–H groups in total. The van der Waals surface area contributed by atoms with E-state index in [-0.39, 0.29) is 18.2 Å². The number of piperidine rings is 1. The number of carbonyl (C=O) groups excluding carboxylic acids is 2. The Labute approximate surface area is 157 Å². The number of anilines is 1. The smallest absolute Gasteiger partial charge is 0.251 e. The molecule has 27 heavy (non-hydrogen) atoms. The van der Waals surface area contributed by atoms with Gasteiger partial charge in [-0.2, -0.15) is 0 Å². The highest BCUT2D eigenvalue weighted by Gasteiger charge is 2.47. The molecule has 3 aliphatic rings. The summed E-state index contributed by atoms with van der Waals surface area (Å²) in [4.78, 5) is 29.0. The number of likely N-dealkylation sites (tertiary alicyclic amines) is 1. The van der Waals surface area contributed by atoms with Crippen LogP contribution in [-0.4, -0.2) is 69.1 Å². The van der Waals surface area contributed by atoms with E-state index < -0.39 is 11.8 Å². The zero-order chi connectivity index (χ0) is 19.0. The van der Waals surface area contributed by atoms with Crippen LogP contribution in [0.3, 0.4) is 0 Å². The third-order valence-corrected chi connectivity index (χ3v) is 5.56. The number of carbonyl (C=O) groups is 2. The highest BCUT2D eigenvalue weighted by atomic mass is 16.7. The largest absolute Gasteiger partial charge is 0.497 e. The summed E-state index contributed by atoms with van der Waals surface area (Å²) in [6, 6.07) is 4.61. The van der Waals surface area contributed by atoms with Crippen LogP contribution < -0.4 is 14.4 Å². The summed E-state index contributed by atoms with van der Waals surface area (Å²) in [6.07, 6.45) is 1.58. The first kappa shape index (κ1) is 18.2. The number of ether oxygens (including phenoxy) is 4. The topological polar surface area (TPSA) is 77.5 Å². The molecule has 3 saturated heterocycles. The third kappa shape index (κ3) is 3.18. The number of amides is 2. The van der Waals surface area contributed by atoms with Gasteiger partial charge in [-0.3, -0.25) is 14.5 Å². The Hall–Kier alpha value is -2.16. The molecule has 8 nitrogen and oxygen atoms in total. The Morgan fingerprint density at radius 3 is 2.41 bits per heavy atom. The second kappa shape index (κ2) is 7.10. The van der Waals surface area contributed by atoms with Crippen molar-refractivity contribution in [3.63, 3.8) is 0 Å². The summed E-state index contributed by atoms with van der Waals surface area (Å²) in [6.45, 7) is 2.56. The number of hydrogen-bond donors (Lipinski definition) is 0. The number of benzene rings is 1. The SMILES string of the molecule is COc1ccc(N2C(=O)CC(N3CCC4(CC3)OCCO4)C2=O)c(OC)c1. The molecule has 0 saturated carbocycles. The van der Waals surface area contributed by atoms with Gasteiger partial charge < -0.3 is 18.9 Å². The summed E-state index contributed by atoms with van der Waals surface area (Å²) in [5, 5.41) is 0. The van der Waals surface area contributed by atoms with Crippen LogP contribution in [0.1, 0.15) is 19.3 Å². The van der Waals surface area contributed by atoms with Gasteiger partial charge in [0.15, 0.2) is 5.79 Å². The van der Waals surface area contributed by atoms with Gasteiger partial charge in [0.05, 0.1) is 45.6 Å². The van der Waals surface area contributed by atoms with Crippen molar-refractivity contribution in [2.24, 2.45) is 0 Å². The highest BCUT2D eigenvalue weighted by Crippen LogP contribution is 2.38. The number of hydrogen-bond acceptors (Lipinski definition) is 7. The van der Waals surface area contributed by atoms with Crippen LogP contribution in [0.25, 0.3) is 0 Å². The van der Waals surface area contributed by atoms with Crippen molar-refractivity contribution in [1.82, 2.24) is 4.90 Å². The predicted octanol–water partition coefficient (Wildman–Crippen LogP) is 1.17. The van der Waals surface area contributed by atoms with Crippen molar-refractivity contribution in [3.8, 4) is 11.5 Å². The van der Waals surface area contributed by atoms with Crippen LogP contribution >= 0.6 is 0 Å². The number of methoxy groups -OCH3 is 2. The summed E-state index contributed by atoms with van der Waals surface area (Å²) < 4.78 is 22.0. The quantitative estimate of drug-likeness (QED) is 0.730. The molecule has 1 unspecified atom stereocenters. The first-order valence-corrected chi connectivity index (χ1v) is 9.18. The fraction of sp³-hybridized carbons (Fsp3) is 0.579. The van der Waals surface area contributed by atoms with Crippen molar-refractivity contribution in [2.45, 2.75) is 31.1 Å². The van der Waals surface area contributed by atoms with Crippen LogP contribution in [0.4, 0.5) is 5.69 Å². The molecule has 4 rings (SSSR count). The van der Waals surface area contributed by atoms with Crippen LogP contribution in [-0.2, 0) is 19.1 Å². The minimum atomic E-state index is -0.499. The molecule has 0 aliphatic carbocycles. The van der Waals surface area contributed by atoms with Gasteiger partial charge in [-0.15, -0.1) is 0 Å². The lowest BCUT2D eigenvalue weighted by Crippen LogP contribution is -2.51. The maximum absolute atomic E-state index is 13.1. The van der Waals surface area contributed by atoms with E-state index in [0.29, 0.717) is 56.3 Å². The molecule has 1 spiro atoms. The summed E-state index contributed by atoms with van der Waals surface area (Å²) >= 11 is 0. The van der Waals surface area contributed by atoms with E-state index >= 15 is 0 Å². The highest BCUT2D eigenvalue weighted by molar-refractivity contribution is 6.23. The van der Waals surface area contributed by atoms with E-state index in [9.17, 15) is 9.59 Å². The predicted molar refractivity (Wildman–Crippen MR) is 95.9 cm³/mol. The van der Waals surface area contributed by atoms with Gasteiger partial charge >= 0.3 is 0 Å². The van der Waals surface area contributed by atoms with E-state index in [1.165, 1.54) is 12.0 Å². The molecule has 146 valence electrons. The van der Waals surface area contributed by atoms with Crippen LogP contribution in [0.5, 0.6) is 11.5 Å². The zero-order valence-corrected chi connectivity index (χ0v) is 15.6. The average molecular weight is 376 g/mol. The molecule has 3 aliphatic heterocycles. The fourth-order valence-electron chi connectivity index (χ4n) is 4.09. The number of nitrogens with zero attached hydrogens (tertiary/aromatic N) is 2. The Bertz CT molecular complexity index is 736. The molecule has 0 bridgehead atoms. The maximum Gasteiger partial charge on any atom is 0.251 e. The van der Waals surface area contributed by atoms with Crippen LogP contribution in [0.2, 0.25) is 0 Å². The third-order valence-electron chi connectivity index (χ3n) is 5.56. The van der Waals surface area contributed by atoms with E-state index in [2.05, 4.69) is 4.90 Å². The van der Waals surface area contributed by atoms with Gasteiger partial charge in [0, 0.05) is 32.0 Å². The minimum absolute atomic E-state index is 0.169. The van der Waals surface area contributed by atoms with Gasteiger partial charge in [-0.1, -0.05) is 0 Å². The Morgan fingerprint density at radius 1 is 1.07 bits per heavy atom. The molecule has 1 atom stereocenters. The summed E-state index contributed by atoms with van der Waals surface area (Å²) in [7, 11) is 3.06. The second-order valence-corrected chi connectivity index (χ2v) is 6.97. The maximum atomic E-state index is 13.1. The van der Waals surface area contributed by atoms with Crippen molar-refractivity contribution in [3.05, 3.63) is 18.2 Å². The van der Waals surface area contributed by atoms with Gasteiger partial charge in [0.25, 0.3) is 5.91 Å². The molecular weight excluding hydrogens is 352 g/mol. The van der Waals surface area contributed by atoms with Crippen LogP contribution in [0, 0.1) is 0 Å². The molecule has 0 aromatic heterocycles. The van der Waals surface area contributed by atoms with Crippen molar-refractivity contribution in [1.29, 1.82) is 0 Å². The van der Waals surface area contributed by atoms with E-state index in [0.717, 1.165) is 0 Å². The Morgan fingerprint density at radius 2 is 1.78 bits per heavy atom. The van der Waals surface area contributed by atoms with Crippen molar-refractivity contribution in [2.75, 3.05) is 45.4 Å². The van der Waals surface area contributed by atoms with E-state index in [1.54, 1.807) is 25.3 Å². The lowest BCUT2D eigenvalue weighted by atomic mass is 10.0. The molecule has 3 fully saturated rings. The van der Waals surface area contributed by atoms with Gasteiger partial charge in [-0.25, -0.2) is 4.90 Å². The summed E-state index contributed by atoms with van der Waals surface area (Å²) in [5.41, 5.74) is 0.451. The molecule has 1 aromatic rings. The van der Waals surface area contributed by atoms with E-state index in [1.807, 2.05) is 0 Å². The number of rotatable bonds is 4. The first-order chi connectivity index (χ1) is 13.1. The molecule has 8 heteroatoms. The average Bonchev–Trinajstić information content (AvgIpc) is 3.26. The number of imide groups is 1. The second-order valence-electron chi connectivity index (χ2n) is 6.97. The summed E-state index contributed by atoms with van der Waals surface area (Å²) in [5.74, 6) is 0.0992. The van der Waals surface area contributed by atoms with Gasteiger partial charge in [0.2, 0.25) is 5.91 Å². The monoisotopic (exact) mass is 376 g/mol. The van der Waals surface area contributed by atoms with Crippen molar-refractivity contribution >= 4 is 17.5 Å². The molecular formula is C19H24N2O6. The Kier molecular flexibility index (Phi) is 4.79. The van der Waals surface area contributed by atoms with E-state index in [4.69, 9.17) is 18.9 Å². The fourth-order valence-corrected chi connectivity index (χ4v) is 4.09. The molecule has 2 amide bonds. The first-order valence-electron chi connectivity index (χ1n) is 9.18. The van der Waals surface area contributed by atoms with Gasteiger partial charge in [-0.05, 0) is 12.1 Å². The molecule has 3 heterocycles. The zero-order valence-electron chi connectivity index (χ0n) is 15.6. The molecule has 1 aromatic carbocycles. The standard InChI is InChI=1S/C19H24N2O6/c1-24-13-3-4-14(16(11-13)25-2)21-17(22)12-15(18(21)23)20-7-5-19(6-8-20)26-9-10-27-19/h3-4,11,15H,5-10,12H2,1-2H3. The Balaban J connectivity index is 1.51.